The Balaban J connectivity index is 2.20. The van der Waals surface area contributed by atoms with Gasteiger partial charge in [-0.1, -0.05) is 61.5 Å². The Morgan fingerprint density at radius 1 is 0.793 bits per heavy atom. The van der Waals surface area contributed by atoms with Crippen LogP contribution >= 0.6 is 7.49 Å². The van der Waals surface area contributed by atoms with Crippen LogP contribution < -0.4 is 15.9 Å². The Morgan fingerprint density at radius 2 is 1.17 bits per heavy atom. The molecule has 0 aliphatic carbocycles. The van der Waals surface area contributed by atoms with E-state index in [2.05, 4.69) is 0 Å². The molecule has 1 unspecified atom stereocenters. The largest absolute Gasteiger partial charge is 0.481 e. The molecule has 0 aliphatic rings. The molecule has 0 aromatic heterocycles. The van der Waals surface area contributed by atoms with Crippen LogP contribution in [0.15, 0.2) is 91.0 Å². The van der Waals surface area contributed by atoms with Crippen molar-refractivity contribution in [2.45, 2.75) is 19.8 Å². The molecule has 1 atom stereocenters. The molecule has 3 aromatic rings. The zero-order chi connectivity index (χ0) is 20.7. The average Bonchev–Trinajstić information content (AvgIpc) is 2.77. The molecular weight excluding hydrogens is 383 g/mol. The molecule has 4 nitrogen and oxygen atoms in total. The Labute approximate surface area is 171 Å². The summed E-state index contributed by atoms with van der Waals surface area (Å²) in [6.07, 6.45) is 0.164. The van der Waals surface area contributed by atoms with E-state index in [9.17, 15) is 14.7 Å². The van der Waals surface area contributed by atoms with Crippen LogP contribution in [0.25, 0.3) is 0 Å². The summed E-state index contributed by atoms with van der Waals surface area (Å²) in [5, 5.41) is 12.0. The Bertz CT molecular complexity index is 846. The third-order valence-electron chi connectivity index (χ3n) is 4.83. The van der Waals surface area contributed by atoms with Gasteiger partial charge in [0, 0.05) is 0 Å². The Morgan fingerprint density at radius 3 is 1.48 bits per heavy atom. The van der Waals surface area contributed by atoms with Crippen molar-refractivity contribution < 1.29 is 19.2 Å². The minimum Gasteiger partial charge on any atom is -0.481 e. The van der Waals surface area contributed by atoms with Gasteiger partial charge in [0.15, 0.2) is 0 Å². The molecule has 0 bridgehead atoms. The summed E-state index contributed by atoms with van der Waals surface area (Å²) in [5.41, 5.74) is 0. The lowest BCUT2D eigenvalue weighted by molar-refractivity contribution is -0.146. The van der Waals surface area contributed by atoms with E-state index in [-0.39, 0.29) is 6.42 Å². The molecule has 0 saturated carbocycles. The van der Waals surface area contributed by atoms with Crippen LogP contribution in [0.3, 0.4) is 0 Å². The van der Waals surface area contributed by atoms with E-state index in [0.29, 0.717) is 6.42 Å². The first-order chi connectivity index (χ1) is 14.1. The van der Waals surface area contributed by atoms with Crippen LogP contribution in [-0.2, 0) is 14.1 Å². The third-order valence-corrected chi connectivity index (χ3v) is 8.36. The van der Waals surface area contributed by atoms with Crippen LogP contribution in [0.2, 0.25) is 0 Å². The lowest BCUT2D eigenvalue weighted by Gasteiger charge is -2.26. The molecule has 148 valence electrons. The minimum absolute atomic E-state index is 0.242. The lowest BCUT2D eigenvalue weighted by Crippen LogP contribution is -2.36. The van der Waals surface area contributed by atoms with E-state index in [1.165, 1.54) is 0 Å². The van der Waals surface area contributed by atoms with Crippen LogP contribution in [0.4, 0.5) is 0 Å². The molecule has 3 aromatic carbocycles. The molecular formula is C24H24O4P+. The van der Waals surface area contributed by atoms with Gasteiger partial charge in [-0.25, -0.2) is 4.79 Å². The van der Waals surface area contributed by atoms with Crippen LogP contribution in [0.1, 0.15) is 19.8 Å². The van der Waals surface area contributed by atoms with Crippen molar-refractivity contribution in [1.29, 1.82) is 0 Å². The summed E-state index contributed by atoms with van der Waals surface area (Å²) in [6, 6.07) is 29.2. The number of benzene rings is 3. The number of carboxylic acids is 1. The topological polar surface area (TPSA) is 63.6 Å². The molecule has 0 fully saturated rings. The van der Waals surface area contributed by atoms with Crippen LogP contribution in [0.5, 0.6) is 0 Å². The van der Waals surface area contributed by atoms with E-state index in [0.717, 1.165) is 15.9 Å². The summed E-state index contributed by atoms with van der Waals surface area (Å²) in [6.45, 7) is 1.81. The normalized spacial score (nSPS) is 12.2. The molecule has 0 aliphatic heterocycles. The molecule has 1 N–H and O–H groups in total. The van der Waals surface area contributed by atoms with Crippen molar-refractivity contribution in [3.8, 4) is 0 Å². The Hall–Kier alpha value is -2.97. The quantitative estimate of drug-likeness (QED) is 0.575. The van der Waals surface area contributed by atoms with Gasteiger partial charge in [-0.3, -0.25) is 9.32 Å². The second kappa shape index (κ2) is 9.49. The van der Waals surface area contributed by atoms with Gasteiger partial charge in [0.1, 0.15) is 15.9 Å². The fourth-order valence-corrected chi connectivity index (χ4v) is 6.74. The molecule has 5 heteroatoms. The lowest BCUT2D eigenvalue weighted by atomic mass is 10.0. The summed E-state index contributed by atoms with van der Waals surface area (Å²) >= 11 is 0. The molecule has 3 rings (SSSR count). The number of carbonyl (C=O) groups excluding carboxylic acids is 1. The first kappa shape index (κ1) is 20.8. The van der Waals surface area contributed by atoms with Gasteiger partial charge >= 0.3 is 11.9 Å². The van der Waals surface area contributed by atoms with Gasteiger partial charge in [0.2, 0.25) is 0 Å². The van der Waals surface area contributed by atoms with Gasteiger partial charge in [0.05, 0.1) is 12.3 Å². The number of carboxylic acid groups (broad SMARTS) is 1. The fraction of sp³-hybridized carbons (Fsp3) is 0.167. The summed E-state index contributed by atoms with van der Waals surface area (Å²) in [4.78, 5) is 24.4. The molecule has 0 spiro atoms. The zero-order valence-electron chi connectivity index (χ0n) is 16.3. The van der Waals surface area contributed by atoms with Crippen molar-refractivity contribution in [2.24, 2.45) is 5.92 Å². The maximum absolute atomic E-state index is 13.2. The van der Waals surface area contributed by atoms with Crippen molar-refractivity contribution in [3.63, 3.8) is 0 Å². The van der Waals surface area contributed by atoms with Crippen molar-refractivity contribution in [2.75, 3.05) is 0 Å². The molecule has 0 saturated heterocycles. The van der Waals surface area contributed by atoms with Gasteiger partial charge in [-0.05, 0) is 42.8 Å². The number of hydrogen-bond acceptors (Lipinski definition) is 3. The molecule has 29 heavy (non-hydrogen) atoms. The van der Waals surface area contributed by atoms with Crippen molar-refractivity contribution in [1.82, 2.24) is 0 Å². The van der Waals surface area contributed by atoms with E-state index in [1.807, 2.05) is 97.9 Å². The van der Waals surface area contributed by atoms with E-state index >= 15 is 0 Å². The SMILES string of the molecule is CCC(CC(=O)O)C(=O)O[P+](c1ccccc1)(c1ccccc1)c1ccccc1. The van der Waals surface area contributed by atoms with Gasteiger partial charge in [0.25, 0.3) is 7.49 Å². The van der Waals surface area contributed by atoms with Crippen molar-refractivity contribution in [3.05, 3.63) is 91.0 Å². The number of hydrogen-bond donors (Lipinski definition) is 1. The predicted octanol–water partition coefficient (Wildman–Crippen LogP) is 3.94. The fourth-order valence-electron chi connectivity index (χ4n) is 3.33. The summed E-state index contributed by atoms with van der Waals surface area (Å²) in [7, 11) is -2.76. The standard InChI is InChI=1S/C24H23O4P/c1-2-19(18-23(25)26)24(27)28-29(20-12-6-3-7-13-20,21-14-8-4-9-15-21)22-16-10-5-11-17-22/h3-17,19H,2,18H2,1H3/p+1. The van der Waals surface area contributed by atoms with E-state index in [1.54, 1.807) is 0 Å². The van der Waals surface area contributed by atoms with E-state index < -0.39 is 25.3 Å². The first-order valence-electron chi connectivity index (χ1n) is 9.59. The zero-order valence-corrected chi connectivity index (χ0v) is 17.2. The predicted molar refractivity (Wildman–Crippen MR) is 117 cm³/mol. The molecule has 0 radical (unpaired) electrons. The maximum atomic E-state index is 13.2. The highest BCUT2D eigenvalue weighted by atomic mass is 31.2. The first-order valence-corrected chi connectivity index (χ1v) is 11.3. The van der Waals surface area contributed by atoms with Gasteiger partial charge in [-0.15, -0.1) is 0 Å². The average molecular weight is 407 g/mol. The van der Waals surface area contributed by atoms with E-state index in [4.69, 9.17) is 4.52 Å². The summed E-state index contributed by atoms with van der Waals surface area (Å²) in [5.74, 6) is -2.17. The monoisotopic (exact) mass is 407 g/mol. The van der Waals surface area contributed by atoms with Gasteiger partial charge < -0.3 is 5.11 Å². The van der Waals surface area contributed by atoms with Gasteiger partial charge in [-0.2, -0.15) is 0 Å². The van der Waals surface area contributed by atoms with Crippen molar-refractivity contribution >= 4 is 35.3 Å². The Kier molecular flexibility index (Phi) is 6.79. The number of aliphatic carboxylic acids is 1. The second-order valence-corrected chi connectivity index (χ2v) is 9.68. The van der Waals surface area contributed by atoms with Crippen LogP contribution in [-0.4, -0.2) is 17.0 Å². The third kappa shape index (κ3) is 4.55. The highest BCUT2D eigenvalue weighted by molar-refractivity contribution is 7.92. The smallest absolute Gasteiger partial charge is 0.355 e. The molecule has 0 heterocycles. The second-order valence-electron chi connectivity index (χ2n) is 6.73. The maximum Gasteiger partial charge on any atom is 0.355 e. The molecule has 0 amide bonds. The van der Waals surface area contributed by atoms with Crippen LogP contribution in [0, 0.1) is 5.92 Å². The number of carbonyl (C=O) groups is 2. The highest BCUT2D eigenvalue weighted by Crippen LogP contribution is 2.57. The highest BCUT2D eigenvalue weighted by Gasteiger charge is 2.51. The summed E-state index contributed by atoms with van der Waals surface area (Å²) < 4.78 is 6.36. The minimum atomic E-state index is -2.76. The number of rotatable bonds is 8.